The van der Waals surface area contributed by atoms with Gasteiger partial charge in [0.25, 0.3) is 0 Å². The van der Waals surface area contributed by atoms with Gasteiger partial charge in [-0.2, -0.15) is 5.10 Å². The highest BCUT2D eigenvalue weighted by molar-refractivity contribution is 7.79. The summed E-state index contributed by atoms with van der Waals surface area (Å²) in [5.41, 5.74) is 0. The Morgan fingerprint density at radius 2 is 2.07 bits per heavy atom. The van der Waals surface area contributed by atoms with Crippen LogP contribution in [0.1, 0.15) is 50.7 Å². The van der Waals surface area contributed by atoms with Gasteiger partial charge in [0.2, 0.25) is 0 Å². The average molecular weight is 211 g/mol. The molecule has 0 saturated carbocycles. The largest absolute Gasteiger partial charge is 0.263 e. The second-order valence-corrected chi connectivity index (χ2v) is 3.66. The predicted octanol–water partition coefficient (Wildman–Crippen LogP) is 2.67. The second kappa shape index (κ2) is 6.65. The van der Waals surface area contributed by atoms with Crippen molar-refractivity contribution in [1.82, 2.24) is 15.2 Å². The number of thiocarbonyl (C=S) groups is 1. The van der Waals surface area contributed by atoms with Crippen LogP contribution in [0.15, 0.2) is 0 Å². The summed E-state index contributed by atoms with van der Waals surface area (Å²) in [7, 11) is 0. The number of hydrogen-bond donors (Lipinski definition) is 1. The van der Waals surface area contributed by atoms with Crippen molar-refractivity contribution in [3.63, 3.8) is 0 Å². The first-order valence-electron chi connectivity index (χ1n) is 5.23. The molecule has 1 aromatic rings. The van der Waals surface area contributed by atoms with E-state index in [0.29, 0.717) is 5.82 Å². The maximum atomic E-state index is 4.73. The summed E-state index contributed by atoms with van der Waals surface area (Å²) in [4.78, 5) is 4.22. The molecule has 0 radical (unpaired) electrons. The Morgan fingerprint density at radius 3 is 2.71 bits per heavy atom. The van der Waals surface area contributed by atoms with Gasteiger partial charge in [0.15, 0.2) is 5.82 Å². The molecule has 1 N–H and O–H groups in total. The third-order valence-corrected chi connectivity index (χ3v) is 2.38. The zero-order chi connectivity index (χ0) is 10.2. The number of aromatic amines is 1. The van der Waals surface area contributed by atoms with Gasteiger partial charge in [-0.05, 0) is 6.42 Å². The Balaban J connectivity index is 2.14. The van der Waals surface area contributed by atoms with Crippen molar-refractivity contribution >= 4 is 17.6 Å². The summed E-state index contributed by atoms with van der Waals surface area (Å²) >= 11 is 4.73. The molecule has 0 aromatic carbocycles. The molecule has 4 heteroatoms. The van der Waals surface area contributed by atoms with E-state index in [2.05, 4.69) is 22.1 Å². The van der Waals surface area contributed by atoms with Crippen molar-refractivity contribution in [2.24, 2.45) is 0 Å². The van der Waals surface area contributed by atoms with E-state index in [-0.39, 0.29) is 0 Å². The van der Waals surface area contributed by atoms with Gasteiger partial charge in [-0.1, -0.05) is 44.8 Å². The van der Waals surface area contributed by atoms with Gasteiger partial charge in [-0.15, -0.1) is 0 Å². The predicted molar refractivity (Wildman–Crippen MR) is 61.6 cm³/mol. The van der Waals surface area contributed by atoms with E-state index in [1.165, 1.54) is 37.5 Å². The van der Waals surface area contributed by atoms with Crippen LogP contribution in [0.25, 0.3) is 0 Å². The quantitative estimate of drug-likeness (QED) is 0.557. The van der Waals surface area contributed by atoms with E-state index >= 15 is 0 Å². The standard InChI is InChI=1S/C10H17N3S/c1-2-3-4-5-6-7-9-11-10(8-14)13-12-9/h8H,2-7H2,1H3,(H,11,12,13). The second-order valence-electron chi connectivity index (χ2n) is 3.42. The fraction of sp³-hybridized carbons (Fsp3) is 0.700. The van der Waals surface area contributed by atoms with Crippen LogP contribution in [0, 0.1) is 0 Å². The first-order valence-corrected chi connectivity index (χ1v) is 5.70. The number of H-pyrrole nitrogens is 1. The average Bonchev–Trinajstić information content (AvgIpc) is 2.65. The molecular weight excluding hydrogens is 194 g/mol. The number of aryl methyl sites for hydroxylation is 1. The highest BCUT2D eigenvalue weighted by atomic mass is 32.1. The van der Waals surface area contributed by atoms with Gasteiger partial charge in [0.1, 0.15) is 5.82 Å². The van der Waals surface area contributed by atoms with Crippen LogP contribution in [-0.4, -0.2) is 20.5 Å². The van der Waals surface area contributed by atoms with Crippen LogP contribution >= 0.6 is 12.2 Å². The van der Waals surface area contributed by atoms with E-state index in [1.54, 1.807) is 0 Å². The molecule has 0 unspecified atom stereocenters. The van der Waals surface area contributed by atoms with E-state index in [0.717, 1.165) is 12.2 Å². The zero-order valence-corrected chi connectivity index (χ0v) is 9.44. The summed E-state index contributed by atoms with van der Waals surface area (Å²) in [6.45, 7) is 2.22. The number of unbranched alkanes of at least 4 members (excludes halogenated alkanes) is 4. The Labute approximate surface area is 90.3 Å². The first kappa shape index (κ1) is 11.3. The SMILES string of the molecule is CCCCCCCc1nc(C=S)n[nH]1. The van der Waals surface area contributed by atoms with Crippen LogP contribution in [0.3, 0.4) is 0 Å². The molecule has 0 spiro atoms. The maximum absolute atomic E-state index is 4.73. The highest BCUT2D eigenvalue weighted by Gasteiger charge is 1.99. The van der Waals surface area contributed by atoms with Gasteiger partial charge in [0.05, 0.1) is 0 Å². The molecule has 0 aliphatic heterocycles. The van der Waals surface area contributed by atoms with Gasteiger partial charge in [-0.25, -0.2) is 4.98 Å². The molecule has 0 fully saturated rings. The minimum absolute atomic E-state index is 0.628. The summed E-state index contributed by atoms with van der Waals surface area (Å²) in [5, 5.41) is 8.34. The lowest BCUT2D eigenvalue weighted by Crippen LogP contribution is -1.89. The summed E-state index contributed by atoms with van der Waals surface area (Å²) in [5.74, 6) is 1.58. The minimum Gasteiger partial charge on any atom is -0.263 e. The summed E-state index contributed by atoms with van der Waals surface area (Å²) in [6.07, 6.45) is 7.40. The molecule has 0 bridgehead atoms. The van der Waals surface area contributed by atoms with E-state index in [9.17, 15) is 0 Å². The highest BCUT2D eigenvalue weighted by Crippen LogP contribution is 2.05. The molecule has 0 amide bonds. The lowest BCUT2D eigenvalue weighted by Gasteiger charge is -1.96. The molecule has 14 heavy (non-hydrogen) atoms. The number of hydrogen-bond acceptors (Lipinski definition) is 3. The monoisotopic (exact) mass is 211 g/mol. The van der Waals surface area contributed by atoms with Gasteiger partial charge in [-0.3, -0.25) is 5.10 Å². The number of rotatable bonds is 7. The molecule has 0 aliphatic carbocycles. The molecule has 1 aromatic heterocycles. The normalized spacial score (nSPS) is 10.4. The molecule has 0 aliphatic rings. The Bertz CT molecular complexity index is 270. The first-order chi connectivity index (χ1) is 6.86. The molecular formula is C10H17N3S. The van der Waals surface area contributed by atoms with E-state index in [4.69, 9.17) is 12.2 Å². The minimum atomic E-state index is 0.628. The summed E-state index contributed by atoms with van der Waals surface area (Å²) in [6, 6.07) is 0. The molecule has 3 nitrogen and oxygen atoms in total. The molecule has 0 saturated heterocycles. The van der Waals surface area contributed by atoms with Crippen molar-refractivity contribution in [2.75, 3.05) is 0 Å². The Hall–Kier alpha value is -0.770. The van der Waals surface area contributed by atoms with Crippen LogP contribution in [0.5, 0.6) is 0 Å². The van der Waals surface area contributed by atoms with Crippen LogP contribution in [-0.2, 0) is 6.42 Å². The van der Waals surface area contributed by atoms with E-state index in [1.807, 2.05) is 0 Å². The molecule has 78 valence electrons. The number of nitrogens with one attached hydrogen (secondary N) is 1. The molecule has 0 atom stereocenters. The smallest absolute Gasteiger partial charge is 0.184 e. The zero-order valence-electron chi connectivity index (χ0n) is 8.62. The number of aromatic nitrogens is 3. The third kappa shape index (κ3) is 3.96. The fourth-order valence-electron chi connectivity index (χ4n) is 1.37. The van der Waals surface area contributed by atoms with Crippen molar-refractivity contribution in [2.45, 2.75) is 45.4 Å². The van der Waals surface area contributed by atoms with Gasteiger partial charge < -0.3 is 0 Å². The van der Waals surface area contributed by atoms with Crippen molar-refractivity contribution < 1.29 is 0 Å². The molecule has 1 rings (SSSR count). The lowest BCUT2D eigenvalue weighted by atomic mass is 10.1. The number of nitrogens with zero attached hydrogens (tertiary/aromatic N) is 2. The van der Waals surface area contributed by atoms with E-state index < -0.39 is 0 Å². The fourth-order valence-corrected chi connectivity index (χ4v) is 1.48. The Morgan fingerprint density at radius 1 is 1.29 bits per heavy atom. The van der Waals surface area contributed by atoms with Gasteiger partial charge >= 0.3 is 0 Å². The van der Waals surface area contributed by atoms with Gasteiger partial charge in [0, 0.05) is 11.8 Å². The Kier molecular flexibility index (Phi) is 5.37. The molecule has 1 heterocycles. The summed E-state index contributed by atoms with van der Waals surface area (Å²) < 4.78 is 0. The third-order valence-electron chi connectivity index (χ3n) is 2.17. The topological polar surface area (TPSA) is 41.6 Å². The maximum Gasteiger partial charge on any atom is 0.184 e. The lowest BCUT2D eigenvalue weighted by molar-refractivity contribution is 0.623. The van der Waals surface area contributed by atoms with Crippen LogP contribution in [0.4, 0.5) is 0 Å². The van der Waals surface area contributed by atoms with Crippen LogP contribution < -0.4 is 0 Å². The van der Waals surface area contributed by atoms with Crippen molar-refractivity contribution in [1.29, 1.82) is 0 Å². The van der Waals surface area contributed by atoms with Crippen molar-refractivity contribution in [3.05, 3.63) is 11.6 Å². The van der Waals surface area contributed by atoms with Crippen molar-refractivity contribution in [3.8, 4) is 0 Å². The van der Waals surface area contributed by atoms with Crippen LogP contribution in [0.2, 0.25) is 0 Å².